The van der Waals surface area contributed by atoms with Crippen molar-refractivity contribution in [3.05, 3.63) is 28.8 Å². The number of carbonyl (C=O) groups excluding carboxylic acids is 1. The summed E-state index contributed by atoms with van der Waals surface area (Å²) >= 11 is 5.52. The van der Waals surface area contributed by atoms with E-state index in [1.54, 1.807) is 6.07 Å². The number of carboxylic acid groups (broad SMARTS) is 1. The molecule has 3 nitrogen and oxygen atoms in total. The van der Waals surface area contributed by atoms with Gasteiger partial charge in [-0.25, -0.2) is 0 Å². The smallest absolute Gasteiger partial charge is 0.0751 e. The van der Waals surface area contributed by atoms with E-state index >= 15 is 0 Å². The first-order valence-corrected chi connectivity index (χ1v) is 3.26. The van der Waals surface area contributed by atoms with Crippen LogP contribution in [0, 0.1) is 0 Å². The lowest BCUT2D eigenvalue weighted by Crippen LogP contribution is -2.23. The van der Waals surface area contributed by atoms with Gasteiger partial charge in [0.1, 0.15) is 0 Å². The molecule has 2 N–H and O–H groups in total. The van der Waals surface area contributed by atoms with Gasteiger partial charge >= 0.3 is 0 Å². The number of halogens is 1. The highest BCUT2D eigenvalue weighted by Gasteiger charge is 2.03. The minimum atomic E-state index is -1.35. The molecule has 0 aliphatic carbocycles. The monoisotopic (exact) mass is 170 g/mol. The second-order valence-corrected chi connectivity index (χ2v) is 2.40. The number of aromatic carboxylic acids is 1. The number of benzene rings is 1. The Hall–Kier alpha value is -1.22. The number of nitrogens with two attached hydrogens (primary N) is 1. The van der Waals surface area contributed by atoms with E-state index in [1.807, 2.05) is 0 Å². The Morgan fingerprint density at radius 3 is 2.55 bits per heavy atom. The van der Waals surface area contributed by atoms with Crippen LogP contribution in [0.1, 0.15) is 10.4 Å². The molecule has 0 saturated carbocycles. The zero-order chi connectivity index (χ0) is 8.43. The third-order valence-corrected chi connectivity index (χ3v) is 1.56. The van der Waals surface area contributed by atoms with Gasteiger partial charge in [0.05, 0.1) is 11.0 Å². The second-order valence-electron chi connectivity index (χ2n) is 1.99. The van der Waals surface area contributed by atoms with Gasteiger partial charge in [0.2, 0.25) is 0 Å². The van der Waals surface area contributed by atoms with Crippen molar-refractivity contribution in [2.75, 3.05) is 5.73 Å². The topological polar surface area (TPSA) is 66.2 Å². The molecule has 58 valence electrons. The molecule has 0 saturated heterocycles. The maximum Gasteiger partial charge on any atom is 0.0751 e. The summed E-state index contributed by atoms with van der Waals surface area (Å²) in [6.45, 7) is 0. The number of carboxylic acids is 1. The lowest BCUT2D eigenvalue weighted by Gasteiger charge is -2.07. The maximum absolute atomic E-state index is 10.4. The first-order valence-electron chi connectivity index (χ1n) is 2.88. The summed E-state index contributed by atoms with van der Waals surface area (Å²) < 4.78 is 0. The Kier molecular flexibility index (Phi) is 2.01. The lowest BCUT2D eigenvalue weighted by molar-refractivity contribution is -0.254. The van der Waals surface area contributed by atoms with Crippen molar-refractivity contribution in [1.29, 1.82) is 0 Å². The predicted octanol–water partition coefficient (Wildman–Crippen LogP) is 0.286. The molecule has 0 aromatic heterocycles. The quantitative estimate of drug-likeness (QED) is 0.616. The molecule has 0 spiro atoms. The van der Waals surface area contributed by atoms with E-state index in [-0.39, 0.29) is 16.3 Å². The number of nitrogen functional groups attached to an aromatic ring is 1. The molecule has 0 atom stereocenters. The first-order chi connectivity index (χ1) is 5.13. The molecule has 0 unspecified atom stereocenters. The Morgan fingerprint density at radius 2 is 2.18 bits per heavy atom. The van der Waals surface area contributed by atoms with E-state index in [0.717, 1.165) is 0 Å². The van der Waals surface area contributed by atoms with Crippen molar-refractivity contribution in [2.24, 2.45) is 0 Å². The van der Waals surface area contributed by atoms with Crippen LogP contribution in [0.25, 0.3) is 0 Å². The van der Waals surface area contributed by atoms with E-state index < -0.39 is 5.97 Å². The van der Waals surface area contributed by atoms with Gasteiger partial charge in [-0.3, -0.25) is 0 Å². The van der Waals surface area contributed by atoms with Gasteiger partial charge in [0.15, 0.2) is 0 Å². The van der Waals surface area contributed by atoms with Crippen LogP contribution in [-0.4, -0.2) is 5.97 Å². The SMILES string of the molecule is Nc1cccc(Cl)c1C(=O)[O-]. The number of hydrogen-bond acceptors (Lipinski definition) is 3. The summed E-state index contributed by atoms with van der Waals surface area (Å²) in [5, 5.41) is 10.5. The summed E-state index contributed by atoms with van der Waals surface area (Å²) in [5.74, 6) is -1.35. The van der Waals surface area contributed by atoms with E-state index in [4.69, 9.17) is 17.3 Å². The van der Waals surface area contributed by atoms with Crippen molar-refractivity contribution >= 4 is 23.3 Å². The Balaban J connectivity index is 3.32. The fourth-order valence-corrected chi connectivity index (χ4v) is 1.02. The molecule has 0 fully saturated rings. The fraction of sp³-hybridized carbons (Fsp3) is 0. The molecule has 1 aromatic rings. The molecule has 11 heavy (non-hydrogen) atoms. The van der Waals surface area contributed by atoms with E-state index in [2.05, 4.69) is 0 Å². The summed E-state index contributed by atoms with van der Waals surface area (Å²) in [7, 11) is 0. The molecule has 1 aromatic carbocycles. The van der Waals surface area contributed by atoms with Crippen LogP contribution < -0.4 is 10.8 Å². The highest BCUT2D eigenvalue weighted by molar-refractivity contribution is 6.34. The van der Waals surface area contributed by atoms with Crippen LogP contribution in [0.15, 0.2) is 18.2 Å². The van der Waals surface area contributed by atoms with E-state index in [9.17, 15) is 9.90 Å². The zero-order valence-electron chi connectivity index (χ0n) is 5.50. The molecule has 0 aliphatic rings. The average Bonchev–Trinajstić information content (AvgIpc) is 1.85. The highest BCUT2D eigenvalue weighted by Crippen LogP contribution is 2.20. The molecule has 1 rings (SSSR count). The number of carbonyl (C=O) groups is 1. The Labute approximate surface area is 68.4 Å². The van der Waals surface area contributed by atoms with Gasteiger partial charge in [-0.15, -0.1) is 0 Å². The van der Waals surface area contributed by atoms with Crippen LogP contribution in [0.5, 0.6) is 0 Å². The minimum Gasteiger partial charge on any atom is -0.545 e. The highest BCUT2D eigenvalue weighted by atomic mass is 35.5. The fourth-order valence-electron chi connectivity index (χ4n) is 0.756. The normalized spacial score (nSPS) is 9.55. The summed E-state index contributed by atoms with van der Waals surface area (Å²) in [4.78, 5) is 10.4. The van der Waals surface area contributed by atoms with Gasteiger partial charge in [0, 0.05) is 11.3 Å². The predicted molar refractivity (Wildman–Crippen MR) is 40.2 cm³/mol. The maximum atomic E-state index is 10.4. The van der Waals surface area contributed by atoms with Crippen LogP contribution in [0.3, 0.4) is 0 Å². The summed E-state index contributed by atoms with van der Waals surface area (Å²) in [6, 6.07) is 4.48. The molecule has 0 aliphatic heterocycles. The molecular formula is C7H5ClNO2-. The second kappa shape index (κ2) is 2.80. The minimum absolute atomic E-state index is 0.102. The van der Waals surface area contributed by atoms with Crippen molar-refractivity contribution < 1.29 is 9.90 Å². The number of hydrogen-bond donors (Lipinski definition) is 1. The standard InChI is InChI=1S/C7H6ClNO2/c8-4-2-1-3-5(9)6(4)7(10)11/h1-3H,9H2,(H,10,11)/p-1. The van der Waals surface area contributed by atoms with Gasteiger partial charge < -0.3 is 15.6 Å². The van der Waals surface area contributed by atoms with E-state index in [1.165, 1.54) is 12.1 Å². The molecular weight excluding hydrogens is 166 g/mol. The van der Waals surface area contributed by atoms with Crippen molar-refractivity contribution in [3.8, 4) is 0 Å². The summed E-state index contributed by atoms with van der Waals surface area (Å²) in [5.41, 5.74) is 5.30. The summed E-state index contributed by atoms with van der Waals surface area (Å²) in [6.07, 6.45) is 0. The van der Waals surface area contributed by atoms with Gasteiger partial charge in [-0.05, 0) is 12.1 Å². The van der Waals surface area contributed by atoms with Gasteiger partial charge in [0.25, 0.3) is 0 Å². The Bertz CT molecular complexity index is 278. The first kappa shape index (κ1) is 7.88. The van der Waals surface area contributed by atoms with Gasteiger partial charge in [-0.1, -0.05) is 17.7 Å². The number of anilines is 1. The molecule has 0 radical (unpaired) electrons. The van der Waals surface area contributed by atoms with Crippen LogP contribution in [-0.2, 0) is 0 Å². The van der Waals surface area contributed by atoms with Crippen molar-refractivity contribution in [3.63, 3.8) is 0 Å². The Morgan fingerprint density at radius 1 is 1.55 bits per heavy atom. The van der Waals surface area contributed by atoms with Crippen LogP contribution in [0.2, 0.25) is 5.02 Å². The molecule has 0 heterocycles. The number of rotatable bonds is 1. The largest absolute Gasteiger partial charge is 0.545 e. The molecule has 4 heteroatoms. The van der Waals surface area contributed by atoms with E-state index in [0.29, 0.717) is 0 Å². The zero-order valence-corrected chi connectivity index (χ0v) is 6.26. The van der Waals surface area contributed by atoms with Crippen LogP contribution in [0.4, 0.5) is 5.69 Å². The van der Waals surface area contributed by atoms with Gasteiger partial charge in [-0.2, -0.15) is 0 Å². The third kappa shape index (κ3) is 1.43. The molecule has 0 bridgehead atoms. The van der Waals surface area contributed by atoms with Crippen molar-refractivity contribution in [1.82, 2.24) is 0 Å². The van der Waals surface area contributed by atoms with Crippen LogP contribution >= 0.6 is 11.6 Å². The lowest BCUT2D eigenvalue weighted by atomic mass is 10.2. The molecule has 0 amide bonds. The average molecular weight is 171 g/mol. The third-order valence-electron chi connectivity index (χ3n) is 1.25. The van der Waals surface area contributed by atoms with Crippen molar-refractivity contribution in [2.45, 2.75) is 0 Å².